The molecule has 0 saturated carbocycles. The molecule has 0 bridgehead atoms. The van der Waals surface area contributed by atoms with E-state index in [0.29, 0.717) is 17.5 Å². The highest BCUT2D eigenvalue weighted by molar-refractivity contribution is 8.00. The number of thioether (sulfide) groups is 1. The summed E-state index contributed by atoms with van der Waals surface area (Å²) in [6, 6.07) is 21.5. The van der Waals surface area contributed by atoms with E-state index in [2.05, 4.69) is 32.6 Å². The minimum Gasteiger partial charge on any atom is -0.497 e. The lowest BCUT2D eigenvalue weighted by molar-refractivity contribution is -0.120. The SMILES string of the molecule is COc1ccc(-n2c(SC(C)C(=O)NCCc3ccccc3)nnc2-c2ccncc2)cc1. The second-order valence-corrected chi connectivity index (χ2v) is 8.67. The molecule has 1 unspecified atom stereocenters. The van der Waals surface area contributed by atoms with Crippen LogP contribution in [0.4, 0.5) is 0 Å². The van der Waals surface area contributed by atoms with Crippen molar-refractivity contribution in [2.75, 3.05) is 13.7 Å². The van der Waals surface area contributed by atoms with Gasteiger partial charge < -0.3 is 10.1 Å². The van der Waals surface area contributed by atoms with Crippen LogP contribution in [0.25, 0.3) is 17.1 Å². The lowest BCUT2D eigenvalue weighted by atomic mass is 10.1. The molecule has 2 heterocycles. The Morgan fingerprint density at radius 2 is 1.76 bits per heavy atom. The van der Waals surface area contributed by atoms with Gasteiger partial charge in [-0.25, -0.2) is 0 Å². The standard InChI is InChI=1S/C25H25N5O2S/c1-18(24(31)27-17-12-19-6-4-3-5-7-19)33-25-29-28-23(20-13-15-26-16-14-20)30(25)21-8-10-22(32-2)11-9-21/h3-11,13-16,18H,12,17H2,1-2H3,(H,27,31). The van der Waals surface area contributed by atoms with E-state index >= 15 is 0 Å². The number of amides is 1. The van der Waals surface area contributed by atoms with Crippen LogP contribution < -0.4 is 10.1 Å². The molecule has 2 aromatic carbocycles. The van der Waals surface area contributed by atoms with E-state index in [1.165, 1.54) is 17.3 Å². The highest BCUT2D eigenvalue weighted by atomic mass is 32.2. The molecule has 7 nitrogen and oxygen atoms in total. The number of carbonyl (C=O) groups is 1. The summed E-state index contributed by atoms with van der Waals surface area (Å²) in [5, 5.41) is 12.1. The summed E-state index contributed by atoms with van der Waals surface area (Å²) in [4.78, 5) is 16.8. The van der Waals surface area contributed by atoms with E-state index in [0.717, 1.165) is 23.4 Å². The van der Waals surface area contributed by atoms with Crippen LogP contribution in [0.5, 0.6) is 5.75 Å². The Balaban J connectivity index is 1.52. The third-order valence-corrected chi connectivity index (χ3v) is 6.15. The number of carbonyl (C=O) groups excluding carboxylic acids is 1. The normalized spacial score (nSPS) is 11.7. The first-order valence-corrected chi connectivity index (χ1v) is 11.5. The van der Waals surface area contributed by atoms with E-state index in [-0.39, 0.29) is 11.2 Å². The van der Waals surface area contributed by atoms with Crippen molar-refractivity contribution in [2.45, 2.75) is 23.8 Å². The molecule has 0 aliphatic heterocycles. The number of methoxy groups -OCH3 is 1. The number of benzene rings is 2. The third kappa shape index (κ3) is 5.59. The molecule has 0 aliphatic rings. The first-order chi connectivity index (χ1) is 16.2. The van der Waals surface area contributed by atoms with Gasteiger partial charge in [0.1, 0.15) is 5.75 Å². The first-order valence-electron chi connectivity index (χ1n) is 10.6. The third-order valence-electron chi connectivity index (χ3n) is 5.11. The van der Waals surface area contributed by atoms with Gasteiger partial charge in [-0.2, -0.15) is 0 Å². The number of pyridine rings is 1. The average Bonchev–Trinajstić information content (AvgIpc) is 3.28. The van der Waals surface area contributed by atoms with Crippen LogP contribution in [0.2, 0.25) is 0 Å². The van der Waals surface area contributed by atoms with E-state index in [9.17, 15) is 4.79 Å². The van der Waals surface area contributed by atoms with E-state index in [1.807, 2.05) is 66.1 Å². The molecule has 33 heavy (non-hydrogen) atoms. The summed E-state index contributed by atoms with van der Waals surface area (Å²) in [7, 11) is 1.63. The van der Waals surface area contributed by atoms with Crippen LogP contribution in [0.3, 0.4) is 0 Å². The van der Waals surface area contributed by atoms with E-state index < -0.39 is 0 Å². The molecule has 4 aromatic rings. The number of rotatable bonds is 9. The zero-order valence-corrected chi connectivity index (χ0v) is 19.3. The monoisotopic (exact) mass is 459 g/mol. The summed E-state index contributed by atoms with van der Waals surface area (Å²) in [5.41, 5.74) is 2.96. The molecule has 8 heteroatoms. The maximum absolute atomic E-state index is 12.7. The fourth-order valence-corrected chi connectivity index (χ4v) is 4.22. The molecule has 1 N–H and O–H groups in total. The van der Waals surface area contributed by atoms with Crippen molar-refractivity contribution in [1.82, 2.24) is 25.1 Å². The zero-order chi connectivity index (χ0) is 23.0. The maximum atomic E-state index is 12.7. The van der Waals surface area contributed by atoms with Crippen molar-refractivity contribution in [2.24, 2.45) is 0 Å². The Morgan fingerprint density at radius 1 is 1.03 bits per heavy atom. The fourth-order valence-electron chi connectivity index (χ4n) is 3.33. The van der Waals surface area contributed by atoms with E-state index in [1.54, 1.807) is 19.5 Å². The molecule has 0 aliphatic carbocycles. The predicted octanol–water partition coefficient (Wildman–Crippen LogP) is 4.18. The Hall–Kier alpha value is -3.65. The van der Waals surface area contributed by atoms with Crippen molar-refractivity contribution >= 4 is 17.7 Å². The van der Waals surface area contributed by atoms with Gasteiger partial charge in [0.2, 0.25) is 5.91 Å². The van der Waals surface area contributed by atoms with Gasteiger partial charge in [-0.1, -0.05) is 42.1 Å². The van der Waals surface area contributed by atoms with Gasteiger partial charge in [0.15, 0.2) is 11.0 Å². The highest BCUT2D eigenvalue weighted by Gasteiger charge is 2.21. The minimum absolute atomic E-state index is 0.0364. The van der Waals surface area contributed by atoms with Crippen LogP contribution in [0.15, 0.2) is 84.3 Å². The molecule has 0 radical (unpaired) electrons. The molecule has 168 valence electrons. The molecule has 4 rings (SSSR count). The number of aromatic nitrogens is 4. The van der Waals surface area contributed by atoms with Crippen molar-refractivity contribution in [1.29, 1.82) is 0 Å². The Bertz CT molecular complexity index is 1180. The fraction of sp³-hybridized carbons (Fsp3) is 0.200. The lowest BCUT2D eigenvalue weighted by Gasteiger charge is -2.14. The number of nitrogens with zero attached hydrogens (tertiary/aromatic N) is 4. The van der Waals surface area contributed by atoms with Crippen LogP contribution in [-0.4, -0.2) is 44.6 Å². The lowest BCUT2D eigenvalue weighted by Crippen LogP contribution is -2.32. The molecule has 1 amide bonds. The van der Waals surface area contributed by atoms with Gasteiger partial charge in [-0.3, -0.25) is 14.3 Å². The number of ether oxygens (including phenoxy) is 1. The number of hydrogen-bond acceptors (Lipinski definition) is 6. The maximum Gasteiger partial charge on any atom is 0.233 e. The smallest absolute Gasteiger partial charge is 0.233 e. The number of hydrogen-bond donors (Lipinski definition) is 1. The summed E-state index contributed by atoms with van der Waals surface area (Å²) in [5.74, 6) is 1.41. The average molecular weight is 460 g/mol. The Morgan fingerprint density at radius 3 is 2.45 bits per heavy atom. The second-order valence-electron chi connectivity index (χ2n) is 7.36. The van der Waals surface area contributed by atoms with Crippen LogP contribution >= 0.6 is 11.8 Å². The predicted molar refractivity (Wildman–Crippen MR) is 130 cm³/mol. The van der Waals surface area contributed by atoms with Crippen molar-refractivity contribution in [3.05, 3.63) is 84.7 Å². The molecule has 0 spiro atoms. The van der Waals surface area contributed by atoms with Crippen molar-refractivity contribution in [3.8, 4) is 22.8 Å². The van der Waals surface area contributed by atoms with Crippen LogP contribution in [0.1, 0.15) is 12.5 Å². The van der Waals surface area contributed by atoms with Gasteiger partial charge in [-0.15, -0.1) is 10.2 Å². The summed E-state index contributed by atoms with van der Waals surface area (Å²) < 4.78 is 7.24. The first kappa shape index (κ1) is 22.5. The molecular formula is C25H25N5O2S. The molecule has 0 fully saturated rings. The van der Waals surface area contributed by atoms with E-state index in [4.69, 9.17) is 4.74 Å². The number of nitrogens with one attached hydrogen (secondary N) is 1. The topological polar surface area (TPSA) is 81.9 Å². The van der Waals surface area contributed by atoms with Gasteiger partial charge in [0.05, 0.1) is 12.4 Å². The molecule has 0 saturated heterocycles. The van der Waals surface area contributed by atoms with Crippen LogP contribution in [-0.2, 0) is 11.2 Å². The van der Waals surface area contributed by atoms with Gasteiger partial charge in [0, 0.05) is 30.2 Å². The summed E-state index contributed by atoms with van der Waals surface area (Å²) in [6.07, 6.45) is 4.23. The minimum atomic E-state index is -0.340. The quantitative estimate of drug-likeness (QED) is 0.378. The molecular weight excluding hydrogens is 434 g/mol. The molecule has 1 atom stereocenters. The Kier molecular flexibility index (Phi) is 7.36. The largest absolute Gasteiger partial charge is 0.497 e. The second kappa shape index (κ2) is 10.8. The Labute approximate surface area is 197 Å². The van der Waals surface area contributed by atoms with Crippen molar-refractivity contribution < 1.29 is 9.53 Å². The molecule has 2 aromatic heterocycles. The van der Waals surface area contributed by atoms with Gasteiger partial charge >= 0.3 is 0 Å². The van der Waals surface area contributed by atoms with Gasteiger partial charge in [-0.05, 0) is 55.3 Å². The van der Waals surface area contributed by atoms with Crippen molar-refractivity contribution in [3.63, 3.8) is 0 Å². The zero-order valence-electron chi connectivity index (χ0n) is 18.5. The van der Waals surface area contributed by atoms with Gasteiger partial charge in [0.25, 0.3) is 0 Å². The van der Waals surface area contributed by atoms with Crippen LogP contribution in [0, 0.1) is 0 Å². The highest BCUT2D eigenvalue weighted by Crippen LogP contribution is 2.30. The summed E-state index contributed by atoms with van der Waals surface area (Å²) in [6.45, 7) is 2.46. The summed E-state index contributed by atoms with van der Waals surface area (Å²) >= 11 is 1.38.